The van der Waals surface area contributed by atoms with Crippen molar-refractivity contribution in [1.29, 1.82) is 0 Å². The van der Waals surface area contributed by atoms with Gasteiger partial charge in [0.2, 0.25) is 5.75 Å². The van der Waals surface area contributed by atoms with E-state index >= 15 is 0 Å². The Balaban J connectivity index is 2.27. The normalized spacial score (nSPS) is 10.0. The number of rotatable bonds is 7. The number of nitrogens with one attached hydrogen (secondary N) is 2. The number of aromatic carboxylic acids is 1. The molecule has 0 heterocycles. The van der Waals surface area contributed by atoms with Gasteiger partial charge < -0.3 is 29.4 Å². The molecule has 0 saturated carbocycles. The van der Waals surface area contributed by atoms with Crippen molar-refractivity contribution in [3.8, 4) is 23.0 Å². The van der Waals surface area contributed by atoms with Gasteiger partial charge in [0, 0.05) is 5.56 Å². The van der Waals surface area contributed by atoms with E-state index < -0.39 is 11.9 Å². The molecule has 11 heteroatoms. The van der Waals surface area contributed by atoms with Crippen molar-refractivity contribution in [3.05, 3.63) is 40.4 Å². The first-order chi connectivity index (χ1) is 14.2. The highest BCUT2D eigenvalue weighted by Crippen LogP contribution is 2.38. The minimum absolute atomic E-state index is 0.0682. The average Bonchev–Trinajstić information content (AvgIpc) is 2.71. The summed E-state index contributed by atoms with van der Waals surface area (Å²) < 4.78 is 20.9. The third-order valence-electron chi connectivity index (χ3n) is 3.90. The molecule has 0 radical (unpaired) electrons. The lowest BCUT2D eigenvalue weighted by atomic mass is 10.1. The molecule has 0 aliphatic carbocycles. The molecule has 160 valence electrons. The Bertz CT molecular complexity index is 972. The predicted octanol–water partition coefficient (Wildman–Crippen LogP) is 3.20. The molecule has 30 heavy (non-hydrogen) atoms. The van der Waals surface area contributed by atoms with Gasteiger partial charge in [0.1, 0.15) is 0 Å². The van der Waals surface area contributed by atoms with Crippen LogP contribution >= 0.6 is 23.8 Å². The van der Waals surface area contributed by atoms with E-state index in [0.717, 1.165) is 0 Å². The fourth-order valence-corrected chi connectivity index (χ4v) is 3.06. The minimum Gasteiger partial charge on any atom is -0.493 e. The Morgan fingerprint density at radius 2 is 1.47 bits per heavy atom. The van der Waals surface area contributed by atoms with Crippen LogP contribution in [0.25, 0.3) is 0 Å². The summed E-state index contributed by atoms with van der Waals surface area (Å²) in [5.41, 5.74) is 0.289. The second-order valence-corrected chi connectivity index (χ2v) is 6.48. The van der Waals surface area contributed by atoms with Crippen LogP contribution < -0.4 is 29.6 Å². The highest BCUT2D eigenvalue weighted by Gasteiger charge is 2.19. The first-order valence-corrected chi connectivity index (χ1v) is 9.07. The molecule has 2 aromatic rings. The summed E-state index contributed by atoms with van der Waals surface area (Å²) in [6.07, 6.45) is 0. The molecule has 0 saturated heterocycles. The third-order valence-corrected chi connectivity index (χ3v) is 4.38. The summed E-state index contributed by atoms with van der Waals surface area (Å²) in [7, 11) is 5.67. The van der Waals surface area contributed by atoms with E-state index in [0.29, 0.717) is 17.2 Å². The van der Waals surface area contributed by atoms with Crippen LogP contribution in [-0.4, -0.2) is 50.5 Å². The first-order valence-electron chi connectivity index (χ1n) is 8.28. The van der Waals surface area contributed by atoms with Crippen molar-refractivity contribution in [2.45, 2.75) is 0 Å². The Morgan fingerprint density at radius 3 is 1.93 bits per heavy atom. The maximum Gasteiger partial charge on any atom is 0.335 e. The van der Waals surface area contributed by atoms with E-state index in [1.807, 2.05) is 0 Å². The van der Waals surface area contributed by atoms with Crippen LogP contribution in [0.3, 0.4) is 0 Å². The molecular formula is C19H19ClN2O7S. The third kappa shape index (κ3) is 5.02. The van der Waals surface area contributed by atoms with Crippen LogP contribution in [0, 0.1) is 0 Å². The summed E-state index contributed by atoms with van der Waals surface area (Å²) in [6.45, 7) is 0. The predicted molar refractivity (Wildman–Crippen MR) is 115 cm³/mol. The van der Waals surface area contributed by atoms with Crippen molar-refractivity contribution < 1.29 is 33.6 Å². The SMILES string of the molecule is COc1cc(C(=O)NC(=S)Nc2cc(C(=O)O)cc(Cl)c2OC)cc(OC)c1OC. The van der Waals surface area contributed by atoms with E-state index in [-0.39, 0.29) is 32.7 Å². The van der Waals surface area contributed by atoms with Crippen LogP contribution in [0.5, 0.6) is 23.0 Å². The molecule has 1 amide bonds. The van der Waals surface area contributed by atoms with Gasteiger partial charge in [-0.05, 0) is 36.5 Å². The number of carbonyl (C=O) groups is 2. The van der Waals surface area contributed by atoms with Gasteiger partial charge in [-0.3, -0.25) is 10.1 Å². The van der Waals surface area contributed by atoms with Crippen LogP contribution in [0.1, 0.15) is 20.7 Å². The fraction of sp³-hybridized carbons (Fsp3) is 0.211. The van der Waals surface area contributed by atoms with Gasteiger partial charge in [-0.2, -0.15) is 0 Å². The zero-order valence-corrected chi connectivity index (χ0v) is 18.1. The van der Waals surface area contributed by atoms with E-state index in [1.165, 1.54) is 52.7 Å². The second kappa shape index (κ2) is 9.99. The topological polar surface area (TPSA) is 115 Å². The monoisotopic (exact) mass is 454 g/mol. The molecule has 0 bridgehead atoms. The van der Waals surface area contributed by atoms with Crippen molar-refractivity contribution in [3.63, 3.8) is 0 Å². The molecule has 9 nitrogen and oxygen atoms in total. The number of carbonyl (C=O) groups excluding carboxylic acids is 1. The van der Waals surface area contributed by atoms with Crippen LogP contribution in [0.4, 0.5) is 5.69 Å². The molecule has 2 aromatic carbocycles. The van der Waals surface area contributed by atoms with Crippen LogP contribution in [0.2, 0.25) is 5.02 Å². The molecule has 0 aromatic heterocycles. The number of methoxy groups -OCH3 is 4. The molecule has 0 atom stereocenters. The minimum atomic E-state index is -1.19. The van der Waals surface area contributed by atoms with Crippen LogP contribution in [0.15, 0.2) is 24.3 Å². The smallest absolute Gasteiger partial charge is 0.335 e. The van der Waals surface area contributed by atoms with Gasteiger partial charge in [-0.15, -0.1) is 0 Å². The summed E-state index contributed by atoms with van der Waals surface area (Å²) in [5.74, 6) is -0.652. The quantitative estimate of drug-likeness (QED) is 0.542. The number of amides is 1. The maximum absolute atomic E-state index is 12.6. The standard InChI is InChI=1S/C19H19ClN2O7S/c1-26-13-7-9(8-14(27-2)16(13)29-4)17(23)22-19(30)21-12-6-10(18(24)25)5-11(20)15(12)28-3/h5-8H,1-4H3,(H,24,25)(H2,21,22,23,30). The largest absolute Gasteiger partial charge is 0.493 e. The van der Waals surface area contributed by atoms with Crippen molar-refractivity contribution >= 4 is 46.5 Å². The summed E-state index contributed by atoms with van der Waals surface area (Å²) in [6, 6.07) is 5.44. The van der Waals surface area contributed by atoms with E-state index in [1.54, 1.807) is 0 Å². The van der Waals surface area contributed by atoms with Crippen molar-refractivity contribution in [2.24, 2.45) is 0 Å². The molecule has 0 aliphatic heterocycles. The summed E-state index contributed by atoms with van der Waals surface area (Å²) in [5, 5.41) is 14.4. The number of carboxylic acids is 1. The Hall–Kier alpha value is -3.24. The molecule has 2 rings (SSSR count). The Labute approximate surface area is 182 Å². The lowest BCUT2D eigenvalue weighted by Gasteiger charge is -2.16. The highest BCUT2D eigenvalue weighted by atomic mass is 35.5. The second-order valence-electron chi connectivity index (χ2n) is 5.67. The van der Waals surface area contributed by atoms with E-state index in [4.69, 9.17) is 42.8 Å². The van der Waals surface area contributed by atoms with Gasteiger partial charge in [0.05, 0.1) is 44.7 Å². The molecule has 0 spiro atoms. The zero-order chi connectivity index (χ0) is 22.4. The maximum atomic E-state index is 12.6. The van der Waals surface area contributed by atoms with E-state index in [9.17, 15) is 14.7 Å². The molecule has 0 fully saturated rings. The number of ether oxygens (including phenoxy) is 4. The van der Waals surface area contributed by atoms with Gasteiger partial charge in [-0.1, -0.05) is 11.6 Å². The average molecular weight is 455 g/mol. The van der Waals surface area contributed by atoms with Gasteiger partial charge in [0.15, 0.2) is 22.4 Å². The lowest BCUT2D eigenvalue weighted by Crippen LogP contribution is -2.34. The van der Waals surface area contributed by atoms with Crippen LogP contribution in [-0.2, 0) is 0 Å². The number of hydrogen-bond donors (Lipinski definition) is 3. The first kappa shape index (κ1) is 23.0. The Morgan fingerprint density at radius 1 is 0.900 bits per heavy atom. The number of hydrogen-bond acceptors (Lipinski definition) is 7. The Kier molecular flexibility index (Phi) is 7.67. The van der Waals surface area contributed by atoms with Gasteiger partial charge in [0.25, 0.3) is 5.91 Å². The number of halogens is 1. The number of benzene rings is 2. The summed E-state index contributed by atoms with van der Waals surface area (Å²) >= 11 is 11.2. The van der Waals surface area contributed by atoms with Crippen molar-refractivity contribution in [1.82, 2.24) is 5.32 Å². The summed E-state index contributed by atoms with van der Waals surface area (Å²) in [4.78, 5) is 23.9. The van der Waals surface area contributed by atoms with Gasteiger partial charge >= 0.3 is 5.97 Å². The number of anilines is 1. The van der Waals surface area contributed by atoms with E-state index in [2.05, 4.69) is 10.6 Å². The molecular weight excluding hydrogens is 436 g/mol. The highest BCUT2D eigenvalue weighted by molar-refractivity contribution is 7.80. The fourth-order valence-electron chi connectivity index (χ4n) is 2.56. The van der Waals surface area contributed by atoms with Gasteiger partial charge in [-0.25, -0.2) is 4.79 Å². The lowest BCUT2D eigenvalue weighted by molar-refractivity contribution is 0.0696. The van der Waals surface area contributed by atoms with Crippen molar-refractivity contribution in [2.75, 3.05) is 33.8 Å². The number of thiocarbonyl (C=S) groups is 1. The molecule has 0 aliphatic rings. The molecule has 0 unspecified atom stereocenters. The zero-order valence-electron chi connectivity index (χ0n) is 16.5. The number of carboxylic acid groups (broad SMARTS) is 1. The molecule has 3 N–H and O–H groups in total.